The Bertz CT molecular complexity index is 313. The average molecular weight is 177 g/mol. The Kier molecular flexibility index (Phi) is 3.07. The van der Waals surface area contributed by atoms with E-state index in [4.69, 9.17) is 0 Å². The maximum Gasteiger partial charge on any atom is 0.0438 e. The highest BCUT2D eigenvalue weighted by molar-refractivity contribution is 5.37. The van der Waals surface area contributed by atoms with Crippen molar-refractivity contribution in [2.24, 2.45) is 0 Å². The first-order valence-electron chi connectivity index (χ1n) is 5.01. The predicted octanol–water partition coefficient (Wildman–Crippen LogP) is 3.27. The van der Waals surface area contributed by atoms with Gasteiger partial charge in [-0.1, -0.05) is 13.3 Å². The summed E-state index contributed by atoms with van der Waals surface area (Å²) in [5, 5.41) is 0. The van der Waals surface area contributed by atoms with Crippen molar-refractivity contribution in [3.8, 4) is 0 Å². The molecule has 0 aliphatic carbocycles. The van der Waals surface area contributed by atoms with E-state index in [1.54, 1.807) is 0 Å². The van der Waals surface area contributed by atoms with E-state index in [0.29, 0.717) is 0 Å². The zero-order valence-corrected chi connectivity index (χ0v) is 9.36. The van der Waals surface area contributed by atoms with Crippen LogP contribution in [0.3, 0.4) is 0 Å². The predicted molar refractivity (Wildman–Crippen MR) is 57.2 cm³/mol. The highest BCUT2D eigenvalue weighted by atomic mass is 14.7. The highest BCUT2D eigenvalue weighted by Crippen LogP contribution is 2.18. The van der Waals surface area contributed by atoms with E-state index >= 15 is 0 Å². The van der Waals surface area contributed by atoms with Crippen LogP contribution in [0.1, 0.15) is 41.4 Å². The van der Waals surface area contributed by atoms with E-state index in [-0.39, 0.29) is 0 Å². The molecule has 1 aromatic rings. The number of rotatable bonds is 2. The highest BCUT2D eigenvalue weighted by Gasteiger charge is 2.07. The van der Waals surface area contributed by atoms with Crippen molar-refractivity contribution in [1.29, 1.82) is 0 Å². The summed E-state index contributed by atoms with van der Waals surface area (Å²) < 4.78 is 0. The summed E-state index contributed by atoms with van der Waals surface area (Å²) >= 11 is 0. The van der Waals surface area contributed by atoms with Crippen molar-refractivity contribution >= 4 is 0 Å². The van der Waals surface area contributed by atoms with Gasteiger partial charge < -0.3 is 0 Å². The van der Waals surface area contributed by atoms with Crippen LogP contribution in [0.4, 0.5) is 0 Å². The Balaban J connectivity index is 3.24. The van der Waals surface area contributed by atoms with E-state index < -0.39 is 0 Å². The molecular weight excluding hydrogens is 158 g/mol. The van der Waals surface area contributed by atoms with Gasteiger partial charge >= 0.3 is 0 Å². The zero-order chi connectivity index (χ0) is 10.0. The maximum atomic E-state index is 4.62. The third-order valence-electron chi connectivity index (χ3n) is 2.89. The normalized spacial score (nSPS) is 10.5. The fourth-order valence-corrected chi connectivity index (χ4v) is 1.62. The molecule has 0 saturated heterocycles. The van der Waals surface area contributed by atoms with Gasteiger partial charge in [0.1, 0.15) is 0 Å². The Morgan fingerprint density at radius 3 is 2.08 bits per heavy atom. The minimum atomic E-state index is 1.10. The Morgan fingerprint density at radius 1 is 0.923 bits per heavy atom. The third kappa shape index (κ3) is 1.90. The number of pyridine rings is 1. The molecule has 0 fully saturated rings. The molecule has 1 aromatic heterocycles. The molecule has 0 unspecified atom stereocenters. The van der Waals surface area contributed by atoms with Crippen molar-refractivity contribution in [2.75, 3.05) is 0 Å². The molecular formula is C12H19N. The number of aromatic nitrogens is 1. The SMILES string of the molecule is CCCc1nc(C)c(C)c(C)c1C. The summed E-state index contributed by atoms with van der Waals surface area (Å²) in [5.41, 5.74) is 6.60. The number of aryl methyl sites for hydroxylation is 2. The smallest absolute Gasteiger partial charge is 0.0438 e. The molecule has 1 heterocycles. The van der Waals surface area contributed by atoms with E-state index in [9.17, 15) is 0 Å². The van der Waals surface area contributed by atoms with Crippen molar-refractivity contribution in [3.63, 3.8) is 0 Å². The molecule has 1 nitrogen and oxygen atoms in total. The topological polar surface area (TPSA) is 12.9 Å². The van der Waals surface area contributed by atoms with Crippen LogP contribution < -0.4 is 0 Å². The lowest BCUT2D eigenvalue weighted by atomic mass is 10.00. The van der Waals surface area contributed by atoms with Crippen LogP contribution in [-0.4, -0.2) is 4.98 Å². The van der Waals surface area contributed by atoms with Gasteiger partial charge in [-0.15, -0.1) is 0 Å². The first-order valence-corrected chi connectivity index (χ1v) is 5.01. The van der Waals surface area contributed by atoms with Gasteiger partial charge in [0, 0.05) is 11.4 Å². The van der Waals surface area contributed by atoms with Gasteiger partial charge in [-0.2, -0.15) is 0 Å². The van der Waals surface area contributed by atoms with Gasteiger partial charge in [-0.25, -0.2) is 0 Å². The lowest BCUT2D eigenvalue weighted by Crippen LogP contribution is -2.02. The second kappa shape index (κ2) is 3.91. The molecule has 72 valence electrons. The largest absolute Gasteiger partial charge is 0.258 e. The molecule has 0 N–H and O–H groups in total. The lowest BCUT2D eigenvalue weighted by molar-refractivity contribution is 0.853. The molecule has 1 heteroatoms. The monoisotopic (exact) mass is 177 g/mol. The van der Waals surface area contributed by atoms with Crippen LogP contribution in [0.5, 0.6) is 0 Å². The summed E-state index contributed by atoms with van der Waals surface area (Å²) in [6.45, 7) is 10.8. The molecule has 0 spiro atoms. The van der Waals surface area contributed by atoms with Gasteiger partial charge in [0.05, 0.1) is 0 Å². The third-order valence-corrected chi connectivity index (χ3v) is 2.89. The van der Waals surface area contributed by atoms with Crippen molar-refractivity contribution in [2.45, 2.75) is 47.5 Å². The Hall–Kier alpha value is -0.850. The standard InChI is InChI=1S/C12H19N/c1-6-7-12-10(4)8(2)9(3)11(5)13-12/h6-7H2,1-5H3. The van der Waals surface area contributed by atoms with E-state index in [1.807, 2.05) is 0 Å². The van der Waals surface area contributed by atoms with E-state index in [0.717, 1.165) is 6.42 Å². The molecule has 0 bridgehead atoms. The fourth-order valence-electron chi connectivity index (χ4n) is 1.62. The second-order valence-corrected chi connectivity index (χ2v) is 3.77. The van der Waals surface area contributed by atoms with Crippen LogP contribution in [-0.2, 0) is 6.42 Å². The molecule has 1 rings (SSSR count). The second-order valence-electron chi connectivity index (χ2n) is 3.77. The molecule has 0 saturated carbocycles. The lowest BCUT2D eigenvalue weighted by Gasteiger charge is -2.12. The summed E-state index contributed by atoms with van der Waals surface area (Å²) in [7, 11) is 0. The van der Waals surface area contributed by atoms with E-state index in [1.165, 1.54) is 34.5 Å². The summed E-state index contributed by atoms with van der Waals surface area (Å²) in [6, 6.07) is 0. The van der Waals surface area contributed by atoms with Gasteiger partial charge in [-0.05, 0) is 50.8 Å². The van der Waals surface area contributed by atoms with Crippen LogP contribution in [0.15, 0.2) is 0 Å². The number of hydrogen-bond donors (Lipinski definition) is 0. The van der Waals surface area contributed by atoms with Gasteiger partial charge in [-0.3, -0.25) is 4.98 Å². The first-order chi connectivity index (χ1) is 6.07. The summed E-state index contributed by atoms with van der Waals surface area (Å²) in [4.78, 5) is 4.62. The molecule has 13 heavy (non-hydrogen) atoms. The minimum absolute atomic E-state index is 1.10. The zero-order valence-electron chi connectivity index (χ0n) is 9.36. The molecule has 0 radical (unpaired) electrons. The van der Waals surface area contributed by atoms with Crippen molar-refractivity contribution < 1.29 is 0 Å². The van der Waals surface area contributed by atoms with Crippen molar-refractivity contribution in [1.82, 2.24) is 4.98 Å². The van der Waals surface area contributed by atoms with Gasteiger partial charge in [0.2, 0.25) is 0 Å². The molecule has 0 aromatic carbocycles. The Labute approximate surface area is 81.2 Å². The summed E-state index contributed by atoms with van der Waals surface area (Å²) in [6.07, 6.45) is 2.28. The number of nitrogens with zero attached hydrogens (tertiary/aromatic N) is 1. The maximum absolute atomic E-state index is 4.62. The fraction of sp³-hybridized carbons (Fsp3) is 0.583. The average Bonchev–Trinajstić information content (AvgIpc) is 2.11. The first kappa shape index (κ1) is 10.2. The van der Waals surface area contributed by atoms with Gasteiger partial charge in [0.15, 0.2) is 0 Å². The van der Waals surface area contributed by atoms with Crippen LogP contribution >= 0.6 is 0 Å². The van der Waals surface area contributed by atoms with Crippen LogP contribution in [0, 0.1) is 27.7 Å². The number of hydrogen-bond acceptors (Lipinski definition) is 1. The van der Waals surface area contributed by atoms with Crippen molar-refractivity contribution in [3.05, 3.63) is 28.1 Å². The summed E-state index contributed by atoms with van der Waals surface area (Å²) in [5.74, 6) is 0. The molecule has 0 atom stereocenters. The van der Waals surface area contributed by atoms with Crippen LogP contribution in [0.25, 0.3) is 0 Å². The van der Waals surface area contributed by atoms with Crippen LogP contribution in [0.2, 0.25) is 0 Å². The molecule has 0 aliphatic rings. The Morgan fingerprint density at radius 2 is 1.54 bits per heavy atom. The van der Waals surface area contributed by atoms with E-state index in [2.05, 4.69) is 39.6 Å². The quantitative estimate of drug-likeness (QED) is 0.675. The minimum Gasteiger partial charge on any atom is -0.258 e. The molecule has 0 aliphatic heterocycles. The molecule has 0 amide bonds. The van der Waals surface area contributed by atoms with Gasteiger partial charge in [0.25, 0.3) is 0 Å².